The van der Waals surface area contributed by atoms with E-state index < -0.39 is 17.7 Å². The number of rotatable bonds is 5. The van der Waals surface area contributed by atoms with Gasteiger partial charge in [-0.05, 0) is 30.3 Å². The van der Waals surface area contributed by atoms with E-state index in [2.05, 4.69) is 5.32 Å². The van der Waals surface area contributed by atoms with Crippen LogP contribution in [0.5, 0.6) is 11.5 Å². The second-order valence-corrected chi connectivity index (χ2v) is 4.96. The molecular weight excluding hydrogens is 337 g/mol. The highest BCUT2D eigenvalue weighted by molar-refractivity contribution is 6.31. The summed E-state index contributed by atoms with van der Waals surface area (Å²) in [6, 6.07) is 10.2. The molecule has 0 heterocycles. The monoisotopic (exact) mass is 349 g/mol. The fourth-order valence-electron chi connectivity index (χ4n) is 1.77. The van der Waals surface area contributed by atoms with Crippen molar-refractivity contribution in [1.29, 1.82) is 0 Å². The first-order chi connectivity index (χ1) is 11.5. The van der Waals surface area contributed by atoms with Crippen molar-refractivity contribution in [3.05, 3.63) is 65.5 Å². The van der Waals surface area contributed by atoms with E-state index in [0.717, 1.165) is 18.2 Å². The number of hydrogen-bond acceptors (Lipinski definition) is 4. The minimum Gasteiger partial charge on any atom is -0.495 e. The molecule has 0 aliphatic heterocycles. The van der Waals surface area contributed by atoms with Gasteiger partial charge in [0.05, 0.1) is 12.8 Å². The Balaban J connectivity index is 1.99. The number of methoxy groups -OCH3 is 1. The molecule has 0 spiro atoms. The number of ether oxygens (including phenoxy) is 2. The number of hydrogen-bond donors (Lipinski definition) is 1. The minimum absolute atomic E-state index is 0.218. The van der Waals surface area contributed by atoms with E-state index in [1.54, 1.807) is 12.1 Å². The molecule has 124 valence electrons. The summed E-state index contributed by atoms with van der Waals surface area (Å²) in [7, 11) is 1.44. The van der Waals surface area contributed by atoms with E-state index in [9.17, 15) is 14.0 Å². The maximum atomic E-state index is 13.4. The van der Waals surface area contributed by atoms with Crippen molar-refractivity contribution in [1.82, 2.24) is 0 Å². The van der Waals surface area contributed by atoms with Gasteiger partial charge in [0.15, 0.2) is 11.6 Å². The molecule has 24 heavy (non-hydrogen) atoms. The summed E-state index contributed by atoms with van der Waals surface area (Å²) in [5, 5.41) is 2.93. The maximum Gasteiger partial charge on any atom is 0.336 e. The Kier molecular flexibility index (Phi) is 5.92. The number of esters is 1. The molecule has 1 amide bonds. The number of halogens is 2. The predicted molar refractivity (Wildman–Crippen MR) is 87.8 cm³/mol. The van der Waals surface area contributed by atoms with Crippen LogP contribution in [-0.4, -0.2) is 19.0 Å². The summed E-state index contributed by atoms with van der Waals surface area (Å²) >= 11 is 5.86. The molecule has 2 aromatic rings. The fourth-order valence-corrected chi connectivity index (χ4v) is 1.94. The van der Waals surface area contributed by atoms with Crippen LogP contribution in [0.1, 0.15) is 0 Å². The third-order valence-corrected chi connectivity index (χ3v) is 3.07. The van der Waals surface area contributed by atoms with Gasteiger partial charge in [0.25, 0.3) is 0 Å². The van der Waals surface area contributed by atoms with Crippen LogP contribution in [0.3, 0.4) is 0 Å². The Morgan fingerprint density at radius 2 is 1.88 bits per heavy atom. The van der Waals surface area contributed by atoms with Gasteiger partial charge in [-0.3, -0.25) is 4.79 Å². The highest BCUT2D eigenvalue weighted by Crippen LogP contribution is 2.27. The lowest BCUT2D eigenvalue weighted by molar-refractivity contribution is -0.129. The first-order valence-corrected chi connectivity index (χ1v) is 7.16. The minimum atomic E-state index is -0.881. The van der Waals surface area contributed by atoms with E-state index in [4.69, 9.17) is 21.1 Å². The molecule has 0 atom stereocenters. The third kappa shape index (κ3) is 4.82. The number of anilines is 1. The largest absolute Gasteiger partial charge is 0.495 e. The van der Waals surface area contributed by atoms with Gasteiger partial charge in [0.1, 0.15) is 5.75 Å². The number of carbonyl (C=O) groups excluding carboxylic acids is 2. The lowest BCUT2D eigenvalue weighted by Gasteiger charge is -2.08. The molecule has 0 fully saturated rings. The summed E-state index contributed by atoms with van der Waals surface area (Å²) in [5.41, 5.74) is 0.349. The Morgan fingerprint density at radius 3 is 2.58 bits per heavy atom. The molecule has 7 heteroatoms. The van der Waals surface area contributed by atoms with Crippen molar-refractivity contribution in [2.24, 2.45) is 0 Å². The van der Waals surface area contributed by atoms with Gasteiger partial charge in [0, 0.05) is 17.2 Å². The average molecular weight is 350 g/mol. The number of carbonyl (C=O) groups is 2. The molecule has 1 N–H and O–H groups in total. The average Bonchev–Trinajstić information content (AvgIpc) is 2.55. The van der Waals surface area contributed by atoms with Crippen molar-refractivity contribution in [2.45, 2.75) is 0 Å². The Labute approximate surface area is 142 Å². The van der Waals surface area contributed by atoms with Crippen LogP contribution in [0, 0.1) is 5.82 Å². The number of nitrogens with one attached hydrogen (secondary N) is 1. The first-order valence-electron chi connectivity index (χ1n) is 6.78. The van der Waals surface area contributed by atoms with Gasteiger partial charge in [-0.1, -0.05) is 23.7 Å². The molecule has 0 unspecified atom stereocenters. The molecule has 0 radical (unpaired) electrons. The quantitative estimate of drug-likeness (QED) is 0.509. The molecule has 0 aromatic heterocycles. The van der Waals surface area contributed by atoms with Crippen LogP contribution in [0.25, 0.3) is 0 Å². The van der Waals surface area contributed by atoms with E-state index >= 15 is 0 Å². The second-order valence-electron chi connectivity index (χ2n) is 4.52. The van der Waals surface area contributed by atoms with Gasteiger partial charge in [-0.15, -0.1) is 0 Å². The Morgan fingerprint density at radius 1 is 1.12 bits per heavy atom. The van der Waals surface area contributed by atoms with Gasteiger partial charge in [0.2, 0.25) is 5.91 Å². The molecule has 2 aromatic carbocycles. The summed E-state index contributed by atoms with van der Waals surface area (Å²) in [6.45, 7) is 0. The Hall–Kier alpha value is -2.86. The Bertz CT molecular complexity index is 792. The van der Waals surface area contributed by atoms with Gasteiger partial charge >= 0.3 is 5.97 Å². The van der Waals surface area contributed by atoms with Gasteiger partial charge in [-0.2, -0.15) is 0 Å². The van der Waals surface area contributed by atoms with Crippen molar-refractivity contribution in [2.75, 3.05) is 12.4 Å². The molecule has 0 saturated carbocycles. The summed E-state index contributed by atoms with van der Waals surface area (Å²) in [4.78, 5) is 23.4. The van der Waals surface area contributed by atoms with E-state index in [1.807, 2.05) is 0 Å². The highest BCUT2D eigenvalue weighted by Gasteiger charge is 2.08. The zero-order chi connectivity index (χ0) is 17.5. The van der Waals surface area contributed by atoms with Crippen LogP contribution in [0.4, 0.5) is 10.1 Å². The lowest BCUT2D eigenvalue weighted by Crippen LogP contribution is -2.11. The standard InChI is InChI=1S/C17H13ClFNO4/c1-23-15-7-6-11(18)10-13(15)20-16(21)8-9-17(22)24-14-5-3-2-4-12(14)19/h2-10H,1H3,(H,20,21)/b9-8+. The maximum absolute atomic E-state index is 13.4. The van der Waals surface area contributed by atoms with Gasteiger partial charge in [-0.25, -0.2) is 9.18 Å². The van der Waals surface area contributed by atoms with Crippen LogP contribution in [-0.2, 0) is 9.59 Å². The van der Waals surface area contributed by atoms with Crippen LogP contribution >= 0.6 is 11.6 Å². The molecular formula is C17H13ClFNO4. The van der Waals surface area contributed by atoms with E-state index in [1.165, 1.54) is 31.4 Å². The van der Waals surface area contributed by atoms with E-state index in [-0.39, 0.29) is 5.75 Å². The fraction of sp³-hybridized carbons (Fsp3) is 0.0588. The highest BCUT2D eigenvalue weighted by atomic mass is 35.5. The topological polar surface area (TPSA) is 64.6 Å². The SMILES string of the molecule is COc1ccc(Cl)cc1NC(=O)/C=C/C(=O)Oc1ccccc1F. The molecule has 0 saturated heterocycles. The summed E-state index contributed by atoms with van der Waals surface area (Å²) < 4.78 is 23.2. The summed E-state index contributed by atoms with van der Waals surface area (Å²) in [5.74, 6) is -1.96. The zero-order valence-corrected chi connectivity index (χ0v) is 13.3. The number of benzene rings is 2. The zero-order valence-electron chi connectivity index (χ0n) is 12.6. The van der Waals surface area contributed by atoms with Crippen molar-refractivity contribution >= 4 is 29.2 Å². The van der Waals surface area contributed by atoms with Crippen LogP contribution < -0.4 is 14.8 Å². The molecule has 0 aliphatic rings. The molecule has 0 bridgehead atoms. The molecule has 0 aliphatic carbocycles. The van der Waals surface area contributed by atoms with Crippen molar-refractivity contribution < 1.29 is 23.5 Å². The normalized spacial score (nSPS) is 10.5. The molecule has 2 rings (SSSR count). The third-order valence-electron chi connectivity index (χ3n) is 2.84. The smallest absolute Gasteiger partial charge is 0.336 e. The lowest BCUT2D eigenvalue weighted by atomic mass is 10.3. The van der Waals surface area contributed by atoms with Crippen LogP contribution in [0.2, 0.25) is 5.02 Å². The number of amides is 1. The van der Waals surface area contributed by atoms with Gasteiger partial charge < -0.3 is 14.8 Å². The van der Waals surface area contributed by atoms with Crippen LogP contribution in [0.15, 0.2) is 54.6 Å². The predicted octanol–water partition coefficient (Wildman–Crippen LogP) is 3.59. The summed E-state index contributed by atoms with van der Waals surface area (Å²) in [6.07, 6.45) is 1.85. The van der Waals surface area contributed by atoms with E-state index in [0.29, 0.717) is 16.5 Å². The molecule has 5 nitrogen and oxygen atoms in total. The number of para-hydroxylation sites is 1. The van der Waals surface area contributed by atoms with Crippen molar-refractivity contribution in [3.63, 3.8) is 0 Å². The second kappa shape index (κ2) is 8.12. The van der Waals surface area contributed by atoms with Crippen molar-refractivity contribution in [3.8, 4) is 11.5 Å². The first kappa shape index (κ1) is 17.5.